The minimum atomic E-state index is -0.328. The van der Waals surface area contributed by atoms with E-state index in [1.807, 2.05) is 67.3 Å². The minimum absolute atomic E-state index is 0.0273. The van der Waals surface area contributed by atoms with E-state index in [9.17, 15) is 9.59 Å². The van der Waals surface area contributed by atoms with Crippen molar-refractivity contribution in [2.45, 2.75) is 52.3 Å². The van der Waals surface area contributed by atoms with Crippen LogP contribution in [0.25, 0.3) is 11.1 Å². The number of carbonyl (C=O) groups is 2. The SMILES string of the molecule is CC(=O)N1c2ccc(-c3ccc(C(=O)OC(C)C)cc3)cc2[C@@H](Nc2ccc(Cl)cc2)C[C@H]1C. The number of hydrogen-bond donors (Lipinski definition) is 1. The second-order valence-corrected chi connectivity index (χ2v) is 9.42. The summed E-state index contributed by atoms with van der Waals surface area (Å²) >= 11 is 6.06. The number of amides is 1. The van der Waals surface area contributed by atoms with Crippen LogP contribution in [-0.2, 0) is 9.53 Å². The largest absolute Gasteiger partial charge is 0.459 e. The number of ether oxygens (including phenoxy) is 1. The number of hydrogen-bond acceptors (Lipinski definition) is 4. The predicted molar refractivity (Wildman–Crippen MR) is 137 cm³/mol. The molecule has 3 aromatic carbocycles. The van der Waals surface area contributed by atoms with Gasteiger partial charge in [-0.3, -0.25) is 4.79 Å². The molecule has 0 saturated heterocycles. The van der Waals surface area contributed by atoms with E-state index in [2.05, 4.69) is 18.3 Å². The molecule has 0 bridgehead atoms. The van der Waals surface area contributed by atoms with E-state index in [0.717, 1.165) is 34.5 Å². The van der Waals surface area contributed by atoms with Gasteiger partial charge in [-0.05, 0) is 92.4 Å². The molecule has 6 heteroatoms. The summed E-state index contributed by atoms with van der Waals surface area (Å²) < 4.78 is 5.29. The second-order valence-electron chi connectivity index (χ2n) is 8.98. The fraction of sp³-hybridized carbons (Fsp3) is 0.286. The maximum atomic E-state index is 12.5. The number of nitrogens with zero attached hydrogens (tertiary/aromatic N) is 1. The summed E-state index contributed by atoms with van der Waals surface area (Å²) in [5, 5.41) is 4.31. The van der Waals surface area contributed by atoms with Gasteiger partial charge in [-0.25, -0.2) is 4.79 Å². The van der Waals surface area contributed by atoms with Crippen LogP contribution in [0, 0.1) is 0 Å². The molecule has 3 aromatic rings. The molecule has 0 aromatic heterocycles. The Morgan fingerprint density at radius 1 is 1.00 bits per heavy atom. The van der Waals surface area contributed by atoms with E-state index in [1.54, 1.807) is 19.1 Å². The summed E-state index contributed by atoms with van der Waals surface area (Å²) in [4.78, 5) is 26.5. The fourth-order valence-corrected chi connectivity index (χ4v) is 4.61. The van der Waals surface area contributed by atoms with Gasteiger partial charge >= 0.3 is 5.97 Å². The van der Waals surface area contributed by atoms with Crippen molar-refractivity contribution in [1.82, 2.24) is 0 Å². The number of anilines is 2. The topological polar surface area (TPSA) is 58.6 Å². The van der Waals surface area contributed by atoms with E-state index in [-0.39, 0.29) is 30.1 Å². The van der Waals surface area contributed by atoms with E-state index in [0.29, 0.717) is 10.6 Å². The highest BCUT2D eigenvalue weighted by atomic mass is 35.5. The molecule has 1 aliphatic rings. The third kappa shape index (κ3) is 5.10. The highest BCUT2D eigenvalue weighted by Crippen LogP contribution is 2.41. The van der Waals surface area contributed by atoms with Crippen molar-refractivity contribution in [3.8, 4) is 11.1 Å². The molecule has 4 rings (SSSR count). The van der Waals surface area contributed by atoms with Gasteiger partial charge in [-0.15, -0.1) is 0 Å². The normalized spacial score (nSPS) is 17.3. The molecule has 1 amide bonds. The number of rotatable bonds is 5. The quantitative estimate of drug-likeness (QED) is 0.408. The average molecular weight is 477 g/mol. The summed E-state index contributed by atoms with van der Waals surface area (Å²) in [6, 6.07) is 21.3. The molecule has 0 saturated carbocycles. The summed E-state index contributed by atoms with van der Waals surface area (Å²) in [5.41, 5.74) is 5.48. The van der Waals surface area contributed by atoms with Crippen molar-refractivity contribution >= 4 is 34.9 Å². The lowest BCUT2D eigenvalue weighted by Crippen LogP contribution is -2.43. The smallest absolute Gasteiger partial charge is 0.338 e. The molecule has 2 atom stereocenters. The molecular weight excluding hydrogens is 448 g/mol. The van der Waals surface area contributed by atoms with Gasteiger partial charge in [-0.1, -0.05) is 29.8 Å². The van der Waals surface area contributed by atoms with E-state index < -0.39 is 0 Å². The number of benzene rings is 3. The molecule has 0 fully saturated rings. The maximum absolute atomic E-state index is 12.5. The Kier molecular flexibility index (Phi) is 6.94. The first-order valence-electron chi connectivity index (χ1n) is 11.5. The third-order valence-electron chi connectivity index (χ3n) is 6.00. The number of carbonyl (C=O) groups excluding carboxylic acids is 2. The fourth-order valence-electron chi connectivity index (χ4n) is 4.49. The Morgan fingerprint density at radius 3 is 2.26 bits per heavy atom. The Hall–Kier alpha value is -3.31. The lowest BCUT2D eigenvalue weighted by molar-refractivity contribution is -0.117. The zero-order valence-corrected chi connectivity index (χ0v) is 20.6. The van der Waals surface area contributed by atoms with E-state index >= 15 is 0 Å². The zero-order chi connectivity index (χ0) is 24.4. The number of esters is 1. The van der Waals surface area contributed by atoms with E-state index in [1.165, 1.54) is 0 Å². The van der Waals surface area contributed by atoms with Crippen LogP contribution in [0.1, 0.15) is 56.1 Å². The first-order valence-corrected chi connectivity index (χ1v) is 11.9. The first-order chi connectivity index (χ1) is 16.2. The van der Waals surface area contributed by atoms with Gasteiger partial charge in [0.1, 0.15) is 0 Å². The van der Waals surface area contributed by atoms with Crippen LogP contribution in [0.2, 0.25) is 5.02 Å². The van der Waals surface area contributed by atoms with E-state index in [4.69, 9.17) is 16.3 Å². The number of fused-ring (bicyclic) bond motifs is 1. The number of nitrogens with one attached hydrogen (secondary N) is 1. The van der Waals surface area contributed by atoms with Crippen LogP contribution >= 0.6 is 11.6 Å². The van der Waals surface area contributed by atoms with Crippen molar-refractivity contribution in [2.24, 2.45) is 0 Å². The number of halogens is 1. The summed E-state index contributed by atoms with van der Waals surface area (Å²) in [6.07, 6.45) is 0.614. The third-order valence-corrected chi connectivity index (χ3v) is 6.25. The van der Waals surface area contributed by atoms with Crippen LogP contribution in [0.5, 0.6) is 0 Å². The Morgan fingerprint density at radius 2 is 1.65 bits per heavy atom. The maximum Gasteiger partial charge on any atom is 0.338 e. The zero-order valence-electron chi connectivity index (χ0n) is 19.8. The van der Waals surface area contributed by atoms with Gasteiger partial charge in [0.25, 0.3) is 0 Å². The summed E-state index contributed by atoms with van der Waals surface area (Å²) in [7, 11) is 0. The Balaban J connectivity index is 1.69. The van der Waals surface area contributed by atoms with Gasteiger partial charge in [0.05, 0.1) is 17.7 Å². The highest BCUT2D eigenvalue weighted by Gasteiger charge is 2.32. The molecular formula is C28H29ClN2O3. The monoisotopic (exact) mass is 476 g/mol. The van der Waals surface area contributed by atoms with Crippen LogP contribution < -0.4 is 10.2 Å². The molecule has 34 heavy (non-hydrogen) atoms. The molecule has 0 spiro atoms. The van der Waals surface area contributed by atoms with Crippen molar-refractivity contribution < 1.29 is 14.3 Å². The van der Waals surface area contributed by atoms with Crippen molar-refractivity contribution in [2.75, 3.05) is 10.2 Å². The second kappa shape index (κ2) is 9.90. The summed E-state index contributed by atoms with van der Waals surface area (Å²) in [5.74, 6) is -0.301. The van der Waals surface area contributed by atoms with Gasteiger partial charge in [0.2, 0.25) is 5.91 Å². The first kappa shape index (κ1) is 23.8. The molecule has 0 unspecified atom stereocenters. The molecule has 1 heterocycles. The molecule has 0 aliphatic carbocycles. The van der Waals surface area contributed by atoms with Crippen LogP contribution in [-0.4, -0.2) is 24.0 Å². The van der Waals surface area contributed by atoms with Crippen LogP contribution in [0.15, 0.2) is 66.7 Å². The standard InChI is InChI=1S/C28H29ClN2O3/c1-17(2)34-28(33)21-7-5-20(6-8-21)22-9-14-27-25(16-22)26(15-18(3)31(27)19(4)32)30-24-12-10-23(29)11-13-24/h5-14,16-18,26,30H,15H2,1-4H3/t18-,26+/m1/s1. The lowest BCUT2D eigenvalue weighted by Gasteiger charge is -2.39. The molecule has 1 aliphatic heterocycles. The lowest BCUT2D eigenvalue weighted by atomic mass is 9.88. The molecule has 176 valence electrons. The van der Waals surface area contributed by atoms with Crippen molar-refractivity contribution in [3.05, 3.63) is 82.9 Å². The molecule has 0 radical (unpaired) electrons. The Labute approximate surface area is 205 Å². The minimum Gasteiger partial charge on any atom is -0.459 e. The van der Waals surface area contributed by atoms with Crippen molar-refractivity contribution in [3.63, 3.8) is 0 Å². The van der Waals surface area contributed by atoms with Crippen molar-refractivity contribution in [1.29, 1.82) is 0 Å². The highest BCUT2D eigenvalue weighted by molar-refractivity contribution is 6.30. The average Bonchev–Trinajstić information content (AvgIpc) is 2.79. The molecule has 5 nitrogen and oxygen atoms in total. The molecule has 1 N–H and O–H groups in total. The van der Waals surface area contributed by atoms with Gasteiger partial charge < -0.3 is 15.0 Å². The van der Waals surface area contributed by atoms with Crippen LogP contribution in [0.4, 0.5) is 11.4 Å². The van der Waals surface area contributed by atoms with Gasteiger partial charge in [0.15, 0.2) is 0 Å². The van der Waals surface area contributed by atoms with Gasteiger partial charge in [-0.2, -0.15) is 0 Å². The van der Waals surface area contributed by atoms with Crippen LogP contribution in [0.3, 0.4) is 0 Å². The Bertz CT molecular complexity index is 1190. The summed E-state index contributed by atoms with van der Waals surface area (Å²) in [6.45, 7) is 7.35. The predicted octanol–water partition coefficient (Wildman–Crippen LogP) is 6.87. The van der Waals surface area contributed by atoms with Gasteiger partial charge in [0, 0.05) is 29.4 Å².